The van der Waals surface area contributed by atoms with Gasteiger partial charge in [-0.3, -0.25) is 4.98 Å². The number of halogens is 1. The molecular formula is C27H21FN2O6S2. The van der Waals surface area contributed by atoms with Crippen molar-refractivity contribution in [3.63, 3.8) is 0 Å². The molecule has 3 aromatic carbocycles. The maximum atomic E-state index is 13.8. The maximum Gasteiger partial charge on any atom is 0.339 e. The molecule has 194 valence electrons. The van der Waals surface area contributed by atoms with Crippen molar-refractivity contribution in [2.75, 3.05) is 0 Å². The second-order valence-electron chi connectivity index (χ2n) is 8.32. The van der Waals surface area contributed by atoms with E-state index in [1.54, 1.807) is 48.5 Å². The lowest BCUT2D eigenvalue weighted by molar-refractivity contribution is 0.358. The SMILES string of the molecule is O=S(=O)(Oc1ccc(CN(Cc2ccco2)S(=O)(=O)c2cccc3cccnc23)cc1)c1ccc(F)cc1. The number of aromatic nitrogens is 1. The molecule has 0 fully saturated rings. The molecule has 0 aliphatic rings. The van der Waals surface area contributed by atoms with Crippen LogP contribution in [0.5, 0.6) is 5.75 Å². The van der Waals surface area contributed by atoms with Gasteiger partial charge in [0, 0.05) is 18.1 Å². The van der Waals surface area contributed by atoms with E-state index in [4.69, 9.17) is 8.60 Å². The van der Waals surface area contributed by atoms with Gasteiger partial charge in [0.2, 0.25) is 10.0 Å². The van der Waals surface area contributed by atoms with Crippen molar-refractivity contribution >= 4 is 31.0 Å². The number of para-hydroxylation sites is 1. The molecule has 11 heteroatoms. The highest BCUT2D eigenvalue weighted by molar-refractivity contribution is 7.89. The lowest BCUT2D eigenvalue weighted by atomic mass is 10.2. The standard InChI is InChI=1S/C27H21FN2O6S2/c28-22-10-14-25(15-11-22)38(33,34)36-23-12-8-20(9-13-23)18-30(19-24-6-3-17-35-24)37(31,32)26-7-1-4-21-5-2-16-29-27(21)26/h1-17H,18-19H2. The summed E-state index contributed by atoms with van der Waals surface area (Å²) in [4.78, 5) is 4.16. The molecule has 38 heavy (non-hydrogen) atoms. The zero-order valence-corrected chi connectivity index (χ0v) is 21.4. The van der Waals surface area contributed by atoms with Crippen LogP contribution in [-0.2, 0) is 33.2 Å². The zero-order chi connectivity index (χ0) is 26.8. The summed E-state index contributed by atoms with van der Waals surface area (Å²) in [7, 11) is -8.20. The average Bonchev–Trinajstić information content (AvgIpc) is 3.42. The highest BCUT2D eigenvalue weighted by atomic mass is 32.2. The number of benzene rings is 3. The maximum absolute atomic E-state index is 13.8. The summed E-state index contributed by atoms with van der Waals surface area (Å²) < 4.78 is 77.6. The summed E-state index contributed by atoms with van der Waals surface area (Å²) in [6.45, 7) is -0.0625. The molecule has 0 aliphatic heterocycles. The van der Waals surface area contributed by atoms with Crippen molar-refractivity contribution in [1.82, 2.24) is 9.29 Å². The quantitative estimate of drug-likeness (QED) is 0.234. The number of hydrogen-bond donors (Lipinski definition) is 0. The third-order valence-electron chi connectivity index (χ3n) is 5.72. The molecule has 0 unspecified atom stereocenters. The molecule has 0 atom stereocenters. The Morgan fingerprint density at radius 2 is 1.55 bits per heavy atom. The highest BCUT2D eigenvalue weighted by Gasteiger charge is 2.28. The van der Waals surface area contributed by atoms with E-state index in [1.807, 2.05) is 0 Å². The minimum Gasteiger partial charge on any atom is -0.468 e. The van der Waals surface area contributed by atoms with E-state index < -0.39 is 26.0 Å². The van der Waals surface area contributed by atoms with E-state index in [1.165, 1.54) is 35.0 Å². The van der Waals surface area contributed by atoms with Crippen molar-refractivity contribution in [2.45, 2.75) is 22.9 Å². The molecule has 2 heterocycles. The Bertz CT molecular complexity index is 1770. The number of nitrogens with zero attached hydrogens (tertiary/aromatic N) is 2. The molecule has 8 nitrogen and oxygen atoms in total. The summed E-state index contributed by atoms with van der Waals surface area (Å²) in [6.07, 6.45) is 3.00. The molecular weight excluding hydrogens is 531 g/mol. The summed E-state index contributed by atoms with van der Waals surface area (Å²) in [5.41, 5.74) is 0.939. The average molecular weight is 553 g/mol. The Labute approximate surface area is 219 Å². The summed E-state index contributed by atoms with van der Waals surface area (Å²) in [5.74, 6) is -0.0921. The molecule has 0 spiro atoms. The zero-order valence-electron chi connectivity index (χ0n) is 19.8. The molecule has 0 saturated heterocycles. The van der Waals surface area contributed by atoms with Crippen LogP contribution in [0, 0.1) is 5.82 Å². The predicted molar refractivity (Wildman–Crippen MR) is 138 cm³/mol. The van der Waals surface area contributed by atoms with Crippen LogP contribution in [0.2, 0.25) is 0 Å². The number of pyridine rings is 1. The normalized spacial score (nSPS) is 12.2. The molecule has 0 aliphatic carbocycles. The first-order valence-corrected chi connectivity index (χ1v) is 14.2. The molecule has 0 bridgehead atoms. The van der Waals surface area contributed by atoms with Crippen LogP contribution in [0.3, 0.4) is 0 Å². The molecule has 5 aromatic rings. The van der Waals surface area contributed by atoms with Gasteiger partial charge in [-0.1, -0.05) is 30.3 Å². The highest BCUT2D eigenvalue weighted by Crippen LogP contribution is 2.27. The van der Waals surface area contributed by atoms with Gasteiger partial charge in [0.05, 0.1) is 18.3 Å². The number of furan rings is 1. The van der Waals surface area contributed by atoms with E-state index in [0.29, 0.717) is 22.2 Å². The Morgan fingerprint density at radius 3 is 2.26 bits per heavy atom. The van der Waals surface area contributed by atoms with Gasteiger partial charge in [-0.05, 0) is 66.2 Å². The first-order chi connectivity index (χ1) is 18.2. The van der Waals surface area contributed by atoms with Crippen LogP contribution in [0.4, 0.5) is 4.39 Å². The summed E-state index contributed by atoms with van der Waals surface area (Å²) in [5, 5.41) is 0.690. The topological polar surface area (TPSA) is 107 Å². The molecule has 2 aromatic heterocycles. The molecule has 0 amide bonds. The van der Waals surface area contributed by atoms with Crippen LogP contribution < -0.4 is 4.18 Å². The van der Waals surface area contributed by atoms with Crippen molar-refractivity contribution < 1.29 is 29.8 Å². The molecule has 0 N–H and O–H groups in total. The smallest absolute Gasteiger partial charge is 0.339 e. The summed E-state index contributed by atoms with van der Waals surface area (Å²) >= 11 is 0. The van der Waals surface area contributed by atoms with E-state index in [9.17, 15) is 21.2 Å². The summed E-state index contributed by atoms with van der Waals surface area (Å²) in [6, 6.07) is 22.1. The fourth-order valence-electron chi connectivity index (χ4n) is 3.86. The van der Waals surface area contributed by atoms with Gasteiger partial charge in [-0.25, -0.2) is 12.8 Å². The number of sulfonamides is 1. The Morgan fingerprint density at radius 1 is 0.816 bits per heavy atom. The molecule has 0 saturated carbocycles. The van der Waals surface area contributed by atoms with Crippen LogP contribution in [-0.4, -0.2) is 26.1 Å². The third kappa shape index (κ3) is 5.44. The van der Waals surface area contributed by atoms with Gasteiger partial charge in [0.15, 0.2) is 0 Å². The van der Waals surface area contributed by atoms with Gasteiger partial charge < -0.3 is 8.60 Å². The second kappa shape index (κ2) is 10.4. The minimum atomic E-state index is -4.17. The van der Waals surface area contributed by atoms with Gasteiger partial charge in [-0.2, -0.15) is 12.7 Å². The van der Waals surface area contributed by atoms with Gasteiger partial charge >= 0.3 is 10.1 Å². The number of rotatable bonds is 9. The van der Waals surface area contributed by atoms with E-state index >= 15 is 0 Å². The van der Waals surface area contributed by atoms with Gasteiger partial charge in [-0.15, -0.1) is 0 Å². The molecule has 0 radical (unpaired) electrons. The lowest BCUT2D eigenvalue weighted by Gasteiger charge is -2.22. The number of fused-ring (bicyclic) bond motifs is 1. The number of hydrogen-bond acceptors (Lipinski definition) is 7. The van der Waals surface area contributed by atoms with E-state index in [2.05, 4.69) is 4.98 Å². The van der Waals surface area contributed by atoms with Crippen molar-refractivity contribution in [1.29, 1.82) is 0 Å². The van der Waals surface area contributed by atoms with Crippen LogP contribution >= 0.6 is 0 Å². The Balaban J connectivity index is 1.42. The minimum absolute atomic E-state index is 0.0248. The Hall–Kier alpha value is -4.06. The van der Waals surface area contributed by atoms with Crippen LogP contribution in [0.15, 0.2) is 118 Å². The Kier molecular flexibility index (Phi) is 6.98. The van der Waals surface area contributed by atoms with Gasteiger partial charge in [0.1, 0.15) is 27.1 Å². The van der Waals surface area contributed by atoms with Crippen LogP contribution in [0.1, 0.15) is 11.3 Å². The lowest BCUT2D eigenvalue weighted by Crippen LogP contribution is -2.30. The van der Waals surface area contributed by atoms with Gasteiger partial charge in [0.25, 0.3) is 0 Å². The molecule has 5 rings (SSSR count). The van der Waals surface area contributed by atoms with E-state index in [-0.39, 0.29) is 28.6 Å². The third-order valence-corrected chi connectivity index (χ3v) is 8.80. The largest absolute Gasteiger partial charge is 0.468 e. The van der Waals surface area contributed by atoms with Crippen molar-refractivity contribution in [2.24, 2.45) is 0 Å². The predicted octanol–water partition coefficient (Wildman–Crippen LogP) is 5.13. The first kappa shape index (κ1) is 25.6. The van der Waals surface area contributed by atoms with Crippen molar-refractivity contribution in [3.8, 4) is 5.75 Å². The monoisotopic (exact) mass is 552 g/mol. The van der Waals surface area contributed by atoms with Crippen LogP contribution in [0.25, 0.3) is 10.9 Å². The van der Waals surface area contributed by atoms with Crippen molar-refractivity contribution in [3.05, 3.63) is 121 Å². The van der Waals surface area contributed by atoms with E-state index in [0.717, 1.165) is 24.3 Å². The first-order valence-electron chi connectivity index (χ1n) is 11.4. The fourth-order valence-corrected chi connectivity index (χ4v) is 6.35. The fraction of sp³-hybridized carbons (Fsp3) is 0.0741. The second-order valence-corrected chi connectivity index (χ2v) is 11.8.